The monoisotopic (exact) mass is 479 g/mol. The van der Waals surface area contributed by atoms with Crippen molar-refractivity contribution in [2.24, 2.45) is 0 Å². The van der Waals surface area contributed by atoms with Crippen molar-refractivity contribution in [2.45, 2.75) is 18.2 Å². The molecule has 0 saturated carbocycles. The van der Waals surface area contributed by atoms with Crippen molar-refractivity contribution in [2.75, 3.05) is 40.3 Å². The Labute approximate surface area is 192 Å². The van der Waals surface area contributed by atoms with Crippen LogP contribution in [0.1, 0.15) is 10.6 Å². The standard InChI is InChI=1S/C22H26ClN3O3S2/c1-24(2)31(27,28)22-10-7-17(29-22)15-25-11-13-26(14-12-25)16-18-8-9-21(30-18)19-5-3-4-6-20(19)23/h3-10H,11-16H2,1-2H3. The molecule has 0 radical (unpaired) electrons. The van der Waals surface area contributed by atoms with E-state index in [1.54, 1.807) is 17.4 Å². The second-order valence-corrected chi connectivity index (χ2v) is 11.5. The SMILES string of the molecule is CN(C)S(=O)(=O)c1ccc(CN2CCN(Cc3ccc(-c4ccccc4Cl)s3)CC2)o1. The van der Waals surface area contributed by atoms with Crippen LogP contribution >= 0.6 is 22.9 Å². The van der Waals surface area contributed by atoms with Gasteiger partial charge in [0.05, 0.1) is 6.54 Å². The Kier molecular flexibility index (Phi) is 6.86. The second-order valence-electron chi connectivity index (χ2n) is 7.81. The summed E-state index contributed by atoms with van der Waals surface area (Å²) in [5.41, 5.74) is 1.08. The molecule has 1 fully saturated rings. The average molecular weight is 480 g/mol. The molecule has 0 unspecified atom stereocenters. The third kappa shape index (κ3) is 5.22. The number of piperazine rings is 1. The Balaban J connectivity index is 1.30. The van der Waals surface area contributed by atoms with Gasteiger partial charge in [-0.25, -0.2) is 12.7 Å². The van der Waals surface area contributed by atoms with Crippen LogP contribution in [0.2, 0.25) is 5.02 Å². The Morgan fingerprint density at radius 3 is 2.32 bits per heavy atom. The van der Waals surface area contributed by atoms with Crippen LogP contribution in [-0.4, -0.2) is 62.8 Å². The molecule has 1 aromatic carbocycles. The first-order valence-corrected chi connectivity index (χ1v) is 12.8. The van der Waals surface area contributed by atoms with Crippen LogP contribution in [-0.2, 0) is 23.1 Å². The van der Waals surface area contributed by atoms with Crippen LogP contribution < -0.4 is 0 Å². The summed E-state index contributed by atoms with van der Waals surface area (Å²) in [4.78, 5) is 7.27. The van der Waals surface area contributed by atoms with E-state index in [9.17, 15) is 8.42 Å². The van der Waals surface area contributed by atoms with Gasteiger partial charge in [-0.3, -0.25) is 9.80 Å². The molecule has 0 amide bonds. The highest BCUT2D eigenvalue weighted by Gasteiger charge is 2.23. The largest absolute Gasteiger partial charge is 0.447 e. The minimum Gasteiger partial charge on any atom is -0.447 e. The summed E-state index contributed by atoms with van der Waals surface area (Å²) in [6, 6.07) is 15.6. The van der Waals surface area contributed by atoms with E-state index in [1.807, 2.05) is 18.2 Å². The predicted octanol–water partition coefficient (Wildman–Crippen LogP) is 4.23. The molecule has 4 rings (SSSR count). The highest BCUT2D eigenvalue weighted by Crippen LogP contribution is 2.33. The van der Waals surface area contributed by atoms with Crippen molar-refractivity contribution in [3.05, 3.63) is 64.2 Å². The van der Waals surface area contributed by atoms with Crippen molar-refractivity contribution >= 4 is 33.0 Å². The van der Waals surface area contributed by atoms with E-state index in [1.165, 1.54) is 29.9 Å². The first-order valence-electron chi connectivity index (χ1n) is 10.1. The molecule has 0 spiro atoms. The highest BCUT2D eigenvalue weighted by molar-refractivity contribution is 7.88. The molecule has 0 bridgehead atoms. The minimum absolute atomic E-state index is 0.00171. The molecule has 2 aromatic heterocycles. The molecule has 0 N–H and O–H groups in total. The first kappa shape index (κ1) is 22.5. The van der Waals surface area contributed by atoms with Crippen LogP contribution in [0.4, 0.5) is 0 Å². The number of sulfonamides is 1. The van der Waals surface area contributed by atoms with E-state index in [-0.39, 0.29) is 5.09 Å². The van der Waals surface area contributed by atoms with Gasteiger partial charge in [-0.05, 0) is 30.3 Å². The zero-order valence-corrected chi connectivity index (χ0v) is 20.0. The molecular weight excluding hydrogens is 454 g/mol. The summed E-state index contributed by atoms with van der Waals surface area (Å²) >= 11 is 8.12. The van der Waals surface area contributed by atoms with Gasteiger partial charge in [0.1, 0.15) is 5.76 Å². The van der Waals surface area contributed by atoms with E-state index in [4.69, 9.17) is 16.0 Å². The maximum absolute atomic E-state index is 12.2. The lowest BCUT2D eigenvalue weighted by Crippen LogP contribution is -2.45. The van der Waals surface area contributed by atoms with Gasteiger partial charge in [0.25, 0.3) is 10.0 Å². The fourth-order valence-corrected chi connectivity index (χ4v) is 5.77. The molecule has 6 nitrogen and oxygen atoms in total. The number of hydrogen-bond donors (Lipinski definition) is 0. The number of rotatable bonds is 7. The predicted molar refractivity (Wildman–Crippen MR) is 125 cm³/mol. The number of benzene rings is 1. The second kappa shape index (κ2) is 9.44. The lowest BCUT2D eigenvalue weighted by Gasteiger charge is -2.33. The van der Waals surface area contributed by atoms with E-state index in [0.717, 1.165) is 47.6 Å². The normalized spacial score (nSPS) is 16.3. The van der Waals surface area contributed by atoms with Gasteiger partial charge in [0.15, 0.2) is 0 Å². The minimum atomic E-state index is -3.53. The Morgan fingerprint density at radius 2 is 1.65 bits per heavy atom. The summed E-state index contributed by atoms with van der Waals surface area (Å²) in [7, 11) is -0.525. The van der Waals surface area contributed by atoms with Crippen molar-refractivity contribution in [1.29, 1.82) is 0 Å². The molecule has 3 heterocycles. The van der Waals surface area contributed by atoms with Crippen LogP contribution in [0.25, 0.3) is 10.4 Å². The maximum atomic E-state index is 12.2. The molecule has 31 heavy (non-hydrogen) atoms. The zero-order valence-electron chi connectivity index (χ0n) is 17.6. The summed E-state index contributed by atoms with van der Waals surface area (Å²) < 4.78 is 31.1. The van der Waals surface area contributed by atoms with E-state index >= 15 is 0 Å². The number of hydrogen-bond acceptors (Lipinski definition) is 6. The van der Waals surface area contributed by atoms with Crippen molar-refractivity contribution < 1.29 is 12.8 Å². The topological polar surface area (TPSA) is 57.0 Å². The first-order chi connectivity index (χ1) is 14.8. The summed E-state index contributed by atoms with van der Waals surface area (Å²) in [5, 5.41) is 0.780. The number of nitrogens with zero attached hydrogens (tertiary/aromatic N) is 3. The van der Waals surface area contributed by atoms with Gasteiger partial charge in [-0.2, -0.15) is 0 Å². The Morgan fingerprint density at radius 1 is 0.968 bits per heavy atom. The van der Waals surface area contributed by atoms with Crippen LogP contribution in [0, 0.1) is 0 Å². The lowest BCUT2D eigenvalue weighted by molar-refractivity contribution is 0.115. The molecule has 166 valence electrons. The smallest absolute Gasteiger partial charge is 0.275 e. The van der Waals surface area contributed by atoms with Gasteiger partial charge < -0.3 is 4.42 Å². The van der Waals surface area contributed by atoms with E-state index < -0.39 is 10.0 Å². The van der Waals surface area contributed by atoms with Crippen LogP contribution in [0.3, 0.4) is 0 Å². The molecule has 0 atom stereocenters. The van der Waals surface area contributed by atoms with E-state index in [2.05, 4.69) is 28.0 Å². The molecule has 1 aliphatic heterocycles. The fourth-order valence-electron chi connectivity index (χ4n) is 3.58. The molecule has 1 aliphatic rings. The van der Waals surface area contributed by atoms with Gasteiger partial charge in [0.2, 0.25) is 5.09 Å². The maximum Gasteiger partial charge on any atom is 0.275 e. The van der Waals surface area contributed by atoms with Gasteiger partial charge in [-0.1, -0.05) is 29.8 Å². The molecule has 0 aliphatic carbocycles. The Bertz CT molecular complexity index is 1130. The molecule has 9 heteroatoms. The van der Waals surface area contributed by atoms with Crippen molar-refractivity contribution in [3.63, 3.8) is 0 Å². The average Bonchev–Trinajstić information content (AvgIpc) is 3.40. The molecule has 3 aromatic rings. The summed E-state index contributed by atoms with van der Waals surface area (Å²) in [6.07, 6.45) is 0. The van der Waals surface area contributed by atoms with Gasteiger partial charge in [-0.15, -0.1) is 11.3 Å². The molecule has 1 saturated heterocycles. The number of thiophene rings is 1. The fraction of sp³-hybridized carbons (Fsp3) is 0.364. The van der Waals surface area contributed by atoms with E-state index in [0.29, 0.717) is 12.3 Å². The van der Waals surface area contributed by atoms with Crippen LogP contribution in [0.15, 0.2) is 58.0 Å². The third-order valence-corrected chi connectivity index (χ3v) is 8.52. The van der Waals surface area contributed by atoms with Gasteiger partial charge >= 0.3 is 0 Å². The van der Waals surface area contributed by atoms with Gasteiger partial charge in [0, 0.05) is 67.2 Å². The van der Waals surface area contributed by atoms with Crippen LogP contribution in [0.5, 0.6) is 0 Å². The quantitative estimate of drug-likeness (QED) is 0.507. The summed E-state index contributed by atoms with van der Waals surface area (Å²) in [5.74, 6) is 0.677. The summed E-state index contributed by atoms with van der Waals surface area (Å²) in [6.45, 7) is 5.30. The number of furan rings is 1. The Hall–Kier alpha value is -1.68. The van der Waals surface area contributed by atoms with Crippen molar-refractivity contribution in [1.82, 2.24) is 14.1 Å². The lowest BCUT2D eigenvalue weighted by atomic mass is 10.2. The molecular formula is C22H26ClN3O3S2. The zero-order chi connectivity index (χ0) is 22.0. The number of halogens is 1. The van der Waals surface area contributed by atoms with Crippen molar-refractivity contribution in [3.8, 4) is 10.4 Å². The highest BCUT2D eigenvalue weighted by atomic mass is 35.5. The third-order valence-electron chi connectivity index (χ3n) is 5.40.